The van der Waals surface area contributed by atoms with Crippen molar-refractivity contribution in [2.24, 2.45) is 0 Å². The Bertz CT molecular complexity index is 1030. The van der Waals surface area contributed by atoms with Crippen LogP contribution in [0.1, 0.15) is 50.4 Å². The summed E-state index contributed by atoms with van der Waals surface area (Å²) >= 11 is 0. The molecule has 0 spiro atoms. The van der Waals surface area contributed by atoms with Crippen LogP contribution in [-0.2, 0) is 0 Å². The number of amides is 1. The van der Waals surface area contributed by atoms with Gasteiger partial charge in [0.05, 0.1) is 16.3 Å². The van der Waals surface area contributed by atoms with Gasteiger partial charge in [-0.05, 0) is 36.8 Å². The van der Waals surface area contributed by atoms with Crippen LogP contribution in [0.25, 0.3) is 10.8 Å². The predicted octanol–water partition coefficient (Wildman–Crippen LogP) is 4.80. The SMILES string of the molecule is C.CCCCCCNC(=O)c1cc(Oc2n[nH]c(=O)c3ccccc23)ccc1F. The molecule has 7 heteroatoms. The number of hydrogen-bond acceptors (Lipinski definition) is 4. The normalized spacial score (nSPS) is 10.4. The van der Waals surface area contributed by atoms with Crippen molar-refractivity contribution in [1.82, 2.24) is 15.5 Å². The maximum Gasteiger partial charge on any atom is 0.272 e. The van der Waals surface area contributed by atoms with Crippen molar-refractivity contribution in [3.8, 4) is 11.6 Å². The van der Waals surface area contributed by atoms with Gasteiger partial charge < -0.3 is 10.1 Å². The Morgan fingerprint density at radius 3 is 2.66 bits per heavy atom. The molecule has 1 heterocycles. The molecule has 1 amide bonds. The third kappa shape index (κ3) is 5.40. The Balaban J connectivity index is 0.00000300. The fraction of sp³-hybridized carbons (Fsp3) is 0.318. The van der Waals surface area contributed by atoms with Crippen molar-refractivity contribution < 1.29 is 13.9 Å². The van der Waals surface area contributed by atoms with E-state index < -0.39 is 11.7 Å². The molecule has 0 bridgehead atoms. The van der Waals surface area contributed by atoms with Crippen molar-refractivity contribution >= 4 is 16.7 Å². The monoisotopic (exact) mass is 399 g/mol. The lowest BCUT2D eigenvalue weighted by Crippen LogP contribution is -2.25. The summed E-state index contributed by atoms with van der Waals surface area (Å²) in [5.41, 5.74) is -0.424. The van der Waals surface area contributed by atoms with Crippen LogP contribution in [0.5, 0.6) is 11.6 Å². The van der Waals surface area contributed by atoms with Gasteiger partial charge in [0.15, 0.2) is 0 Å². The van der Waals surface area contributed by atoms with E-state index in [4.69, 9.17) is 4.74 Å². The smallest absolute Gasteiger partial charge is 0.272 e. The molecule has 0 atom stereocenters. The first-order chi connectivity index (χ1) is 13.6. The molecule has 0 fully saturated rings. The number of unbranched alkanes of at least 4 members (excludes halogenated alkanes) is 3. The molecule has 2 N–H and O–H groups in total. The van der Waals surface area contributed by atoms with E-state index in [9.17, 15) is 14.0 Å². The van der Waals surface area contributed by atoms with Crippen LogP contribution >= 0.6 is 0 Å². The highest BCUT2D eigenvalue weighted by Crippen LogP contribution is 2.26. The van der Waals surface area contributed by atoms with Gasteiger partial charge in [0, 0.05) is 6.54 Å². The van der Waals surface area contributed by atoms with Crippen LogP contribution in [0.15, 0.2) is 47.3 Å². The summed E-state index contributed by atoms with van der Waals surface area (Å²) in [6.07, 6.45) is 4.08. The second-order valence-electron chi connectivity index (χ2n) is 6.46. The first-order valence-electron chi connectivity index (χ1n) is 9.33. The van der Waals surface area contributed by atoms with Crippen molar-refractivity contribution in [2.45, 2.75) is 40.0 Å². The number of ether oxygens (including phenoxy) is 1. The topological polar surface area (TPSA) is 84.1 Å². The van der Waals surface area contributed by atoms with Crippen LogP contribution < -0.4 is 15.6 Å². The van der Waals surface area contributed by atoms with Gasteiger partial charge in [-0.15, -0.1) is 5.10 Å². The molecule has 1 aromatic heterocycles. The Labute approximate surface area is 169 Å². The Morgan fingerprint density at radius 2 is 1.90 bits per heavy atom. The predicted molar refractivity (Wildman–Crippen MR) is 112 cm³/mol. The van der Waals surface area contributed by atoms with Gasteiger partial charge in [0.2, 0.25) is 5.88 Å². The Hall–Kier alpha value is -3.22. The number of halogens is 1. The van der Waals surface area contributed by atoms with Gasteiger partial charge >= 0.3 is 0 Å². The fourth-order valence-corrected chi connectivity index (χ4v) is 2.87. The average molecular weight is 399 g/mol. The van der Waals surface area contributed by atoms with Gasteiger partial charge in [-0.25, -0.2) is 9.49 Å². The standard InChI is InChI=1S/C21H22FN3O3.CH4/c1-2-3-4-7-12-23-19(26)17-13-14(10-11-18(17)22)28-21-16-9-6-5-8-15(16)20(27)24-25-21;/h5-6,8-11,13H,2-4,7,12H2,1H3,(H,23,26)(H,24,27);1H4. The molecule has 0 unspecified atom stereocenters. The molecule has 0 radical (unpaired) electrons. The van der Waals surface area contributed by atoms with Crippen LogP contribution in [0, 0.1) is 5.82 Å². The summed E-state index contributed by atoms with van der Waals surface area (Å²) in [5, 5.41) is 9.98. The maximum absolute atomic E-state index is 14.1. The number of aromatic amines is 1. The number of hydrogen-bond donors (Lipinski definition) is 2. The zero-order chi connectivity index (χ0) is 19.9. The summed E-state index contributed by atoms with van der Waals surface area (Å²) in [5.74, 6) is -0.689. The number of H-pyrrole nitrogens is 1. The van der Waals surface area contributed by atoms with Crippen LogP contribution in [-0.4, -0.2) is 22.6 Å². The van der Waals surface area contributed by atoms with E-state index in [0.29, 0.717) is 17.3 Å². The van der Waals surface area contributed by atoms with Crippen LogP contribution in [0.4, 0.5) is 4.39 Å². The summed E-state index contributed by atoms with van der Waals surface area (Å²) in [6.45, 7) is 2.61. The summed E-state index contributed by atoms with van der Waals surface area (Å²) in [6, 6.07) is 10.8. The van der Waals surface area contributed by atoms with E-state index in [1.165, 1.54) is 18.2 Å². The maximum atomic E-state index is 14.1. The molecule has 0 saturated carbocycles. The number of carbonyl (C=O) groups excluding carboxylic acids is 1. The lowest BCUT2D eigenvalue weighted by Gasteiger charge is -2.10. The number of fused-ring (bicyclic) bond motifs is 1. The summed E-state index contributed by atoms with van der Waals surface area (Å²) in [4.78, 5) is 24.2. The lowest BCUT2D eigenvalue weighted by molar-refractivity contribution is 0.0948. The van der Waals surface area contributed by atoms with E-state index >= 15 is 0 Å². The lowest BCUT2D eigenvalue weighted by atomic mass is 10.1. The zero-order valence-corrected chi connectivity index (χ0v) is 15.6. The molecule has 2 aromatic carbocycles. The Morgan fingerprint density at radius 1 is 1.14 bits per heavy atom. The Kier molecular flexibility index (Phi) is 7.88. The van der Waals surface area contributed by atoms with Gasteiger partial charge in [-0.2, -0.15) is 0 Å². The molecule has 6 nitrogen and oxygen atoms in total. The average Bonchev–Trinajstić information content (AvgIpc) is 2.71. The molecule has 0 aliphatic carbocycles. The molecule has 29 heavy (non-hydrogen) atoms. The molecule has 154 valence electrons. The molecular weight excluding hydrogens is 373 g/mol. The van der Waals surface area contributed by atoms with Gasteiger partial charge in [0.25, 0.3) is 11.5 Å². The van der Waals surface area contributed by atoms with Crippen LogP contribution in [0.2, 0.25) is 0 Å². The van der Waals surface area contributed by atoms with Crippen molar-refractivity contribution in [2.75, 3.05) is 6.54 Å². The minimum atomic E-state index is -0.627. The van der Waals surface area contributed by atoms with E-state index in [2.05, 4.69) is 22.4 Å². The van der Waals surface area contributed by atoms with E-state index in [-0.39, 0.29) is 30.2 Å². The number of aromatic nitrogens is 2. The van der Waals surface area contributed by atoms with Gasteiger partial charge in [-0.3, -0.25) is 9.59 Å². The second kappa shape index (κ2) is 10.4. The first-order valence-corrected chi connectivity index (χ1v) is 9.33. The largest absolute Gasteiger partial charge is 0.437 e. The molecular formula is C22H26FN3O3. The zero-order valence-electron chi connectivity index (χ0n) is 15.6. The fourth-order valence-electron chi connectivity index (χ4n) is 2.87. The summed E-state index contributed by atoms with van der Waals surface area (Å²) < 4.78 is 19.8. The minimum Gasteiger partial charge on any atom is -0.437 e. The van der Waals surface area contributed by atoms with Crippen molar-refractivity contribution in [3.05, 3.63) is 64.2 Å². The minimum absolute atomic E-state index is 0. The molecule has 3 rings (SSSR count). The number of carbonyl (C=O) groups is 1. The molecule has 0 aliphatic rings. The number of nitrogens with one attached hydrogen (secondary N) is 2. The number of rotatable bonds is 8. The number of benzene rings is 2. The highest BCUT2D eigenvalue weighted by Gasteiger charge is 2.14. The van der Waals surface area contributed by atoms with E-state index in [0.717, 1.165) is 25.7 Å². The highest BCUT2D eigenvalue weighted by molar-refractivity contribution is 5.95. The molecule has 3 aromatic rings. The van der Waals surface area contributed by atoms with Crippen molar-refractivity contribution in [1.29, 1.82) is 0 Å². The van der Waals surface area contributed by atoms with Crippen molar-refractivity contribution in [3.63, 3.8) is 0 Å². The third-order valence-electron chi connectivity index (χ3n) is 4.37. The van der Waals surface area contributed by atoms with E-state index in [1.807, 2.05) is 0 Å². The molecule has 0 aliphatic heterocycles. The summed E-state index contributed by atoms with van der Waals surface area (Å²) in [7, 11) is 0. The second-order valence-corrected chi connectivity index (χ2v) is 6.46. The highest BCUT2D eigenvalue weighted by atomic mass is 19.1. The first kappa shape index (κ1) is 22.1. The van der Waals surface area contributed by atoms with Crippen LogP contribution in [0.3, 0.4) is 0 Å². The quantitative estimate of drug-likeness (QED) is 0.533. The molecule has 0 saturated heterocycles. The van der Waals surface area contributed by atoms with Gasteiger partial charge in [0.1, 0.15) is 11.6 Å². The van der Waals surface area contributed by atoms with Gasteiger partial charge in [-0.1, -0.05) is 45.7 Å². The number of nitrogens with zero attached hydrogens (tertiary/aromatic N) is 1. The third-order valence-corrected chi connectivity index (χ3v) is 4.37. The van der Waals surface area contributed by atoms with E-state index in [1.54, 1.807) is 24.3 Å².